The van der Waals surface area contributed by atoms with Gasteiger partial charge in [0.05, 0.1) is 4.75 Å². The Bertz CT molecular complexity index is 330. The zero-order valence-electron chi connectivity index (χ0n) is 9.63. The molecule has 94 valence electrons. The van der Waals surface area contributed by atoms with Crippen LogP contribution in [-0.4, -0.2) is 10.7 Å². The van der Waals surface area contributed by atoms with Gasteiger partial charge in [0.25, 0.3) is 0 Å². The Morgan fingerprint density at radius 1 is 1.18 bits per heavy atom. The molecule has 4 saturated carbocycles. The Balaban J connectivity index is 1.92. The van der Waals surface area contributed by atoms with Crippen molar-refractivity contribution in [3.8, 4) is 0 Å². The zero-order chi connectivity index (χ0) is 12.0. The quantitative estimate of drug-likeness (QED) is 0.566. The van der Waals surface area contributed by atoms with Crippen molar-refractivity contribution in [3.63, 3.8) is 0 Å². The maximum atomic E-state index is 11.0. The molecule has 17 heavy (non-hydrogen) atoms. The van der Waals surface area contributed by atoms with Gasteiger partial charge >= 0.3 is 0 Å². The lowest BCUT2D eigenvalue weighted by atomic mass is 9.51. The van der Waals surface area contributed by atoms with Crippen LogP contribution in [-0.2, 0) is 4.79 Å². The van der Waals surface area contributed by atoms with Crippen molar-refractivity contribution >= 4 is 17.9 Å². The molecule has 0 saturated heterocycles. The molecule has 0 spiro atoms. The molecule has 4 fully saturated rings. The molecule has 0 aromatic carbocycles. The largest absolute Gasteiger partial charge is 0.550 e. The molecule has 4 nitrogen and oxygen atoms in total. The van der Waals surface area contributed by atoms with Crippen molar-refractivity contribution in [1.29, 1.82) is 0 Å². The molecule has 4 aliphatic rings. The Morgan fingerprint density at radius 3 is 2.12 bits per heavy atom. The van der Waals surface area contributed by atoms with E-state index in [1.807, 2.05) is 0 Å². The predicted molar refractivity (Wildman–Crippen MR) is 62.8 cm³/mol. The number of rotatable bonds is 4. The first-order valence-electron chi connectivity index (χ1n) is 6.34. The van der Waals surface area contributed by atoms with Gasteiger partial charge in [-0.15, -0.1) is 4.91 Å². The van der Waals surface area contributed by atoms with Crippen molar-refractivity contribution in [2.24, 2.45) is 28.3 Å². The van der Waals surface area contributed by atoms with E-state index in [0.717, 1.165) is 49.5 Å². The van der Waals surface area contributed by atoms with Gasteiger partial charge in [-0.05, 0) is 55.8 Å². The van der Waals surface area contributed by atoms with Crippen molar-refractivity contribution in [1.82, 2.24) is 0 Å². The van der Waals surface area contributed by atoms with Crippen molar-refractivity contribution in [2.75, 3.05) is 0 Å². The fraction of sp³-hybridized carbons (Fsp3) is 0.917. The van der Waals surface area contributed by atoms with Gasteiger partial charge in [0.15, 0.2) is 0 Å². The first-order valence-corrected chi connectivity index (χ1v) is 7.12. The van der Waals surface area contributed by atoms with Crippen molar-refractivity contribution in [2.45, 2.75) is 43.3 Å². The highest BCUT2D eigenvalue weighted by Crippen LogP contribution is 2.64. The molecular formula is C12H16NO3S-. The van der Waals surface area contributed by atoms with Crippen LogP contribution in [0, 0.1) is 28.6 Å². The molecule has 0 aromatic heterocycles. The number of nitrogens with zero attached hydrogens (tertiary/aromatic N) is 1. The average Bonchev–Trinajstić information content (AvgIpc) is 2.24. The van der Waals surface area contributed by atoms with E-state index in [1.165, 1.54) is 6.42 Å². The summed E-state index contributed by atoms with van der Waals surface area (Å²) < 4.78 is 2.53. The van der Waals surface area contributed by atoms with Crippen LogP contribution < -0.4 is 5.11 Å². The lowest BCUT2D eigenvalue weighted by Crippen LogP contribution is -2.57. The van der Waals surface area contributed by atoms with Gasteiger partial charge in [0.2, 0.25) is 0 Å². The Hall–Kier alpha value is -0.580. The lowest BCUT2D eigenvalue weighted by molar-refractivity contribution is -0.307. The van der Waals surface area contributed by atoms with Crippen molar-refractivity contribution in [3.05, 3.63) is 4.91 Å². The summed E-state index contributed by atoms with van der Waals surface area (Å²) in [5, 5.41) is 11.0. The van der Waals surface area contributed by atoms with Gasteiger partial charge in [0.1, 0.15) is 0 Å². The molecular weight excluding hydrogens is 238 g/mol. The van der Waals surface area contributed by atoms with Gasteiger partial charge in [0, 0.05) is 28.9 Å². The number of carboxylic acids is 1. The van der Waals surface area contributed by atoms with E-state index >= 15 is 0 Å². The van der Waals surface area contributed by atoms with Crippen LogP contribution in [0.15, 0.2) is 4.58 Å². The third-order valence-electron chi connectivity index (χ3n) is 5.15. The Kier molecular flexibility index (Phi) is 2.69. The minimum Gasteiger partial charge on any atom is -0.550 e. The van der Waals surface area contributed by atoms with Gasteiger partial charge < -0.3 is 9.90 Å². The molecule has 0 N–H and O–H groups in total. The van der Waals surface area contributed by atoms with E-state index in [9.17, 15) is 14.8 Å². The highest BCUT2D eigenvalue weighted by atomic mass is 32.2. The molecule has 4 rings (SSSR count). The predicted octanol–water partition coefficient (Wildman–Crippen LogP) is 1.74. The molecule has 0 atom stereocenters. The topological polar surface area (TPSA) is 69.6 Å². The summed E-state index contributed by atoms with van der Waals surface area (Å²) in [6.07, 6.45) is 5.66. The van der Waals surface area contributed by atoms with Crippen LogP contribution in [0.5, 0.6) is 0 Å². The first-order chi connectivity index (χ1) is 8.14. The number of carbonyl (C=O) groups is 1. The lowest BCUT2D eigenvalue weighted by Gasteiger charge is -2.60. The zero-order valence-corrected chi connectivity index (χ0v) is 10.4. The van der Waals surface area contributed by atoms with Crippen LogP contribution in [0.4, 0.5) is 0 Å². The summed E-state index contributed by atoms with van der Waals surface area (Å²) in [5.41, 5.74) is 0. The van der Waals surface area contributed by atoms with Crippen LogP contribution in [0.25, 0.3) is 0 Å². The standard InChI is InChI=1S/C12H17NO3S/c14-11(15)6-12(17-13-16)9-2-7-1-8(4-9)5-10(12)3-7/h7-10H,1-6H2,(H,14,15)/p-1. The number of aliphatic carboxylic acids is 1. The number of carbonyl (C=O) groups excluding carboxylic acids is 1. The second kappa shape index (κ2) is 3.97. The van der Waals surface area contributed by atoms with E-state index in [-0.39, 0.29) is 6.42 Å². The van der Waals surface area contributed by atoms with Crippen LogP contribution in [0.2, 0.25) is 0 Å². The maximum absolute atomic E-state index is 11.0. The Morgan fingerprint density at radius 2 is 1.71 bits per heavy atom. The number of carboxylic acid groups (broad SMARTS) is 1. The summed E-state index contributed by atoms with van der Waals surface area (Å²) >= 11 is 0.991. The molecule has 5 heteroatoms. The molecule has 4 bridgehead atoms. The fourth-order valence-electron chi connectivity index (χ4n) is 4.75. The minimum absolute atomic E-state index is 0.00181. The van der Waals surface area contributed by atoms with Crippen molar-refractivity contribution < 1.29 is 9.90 Å². The van der Waals surface area contributed by atoms with Gasteiger partial charge in [-0.1, -0.05) is 0 Å². The van der Waals surface area contributed by atoms with Crippen LogP contribution >= 0.6 is 11.9 Å². The van der Waals surface area contributed by atoms with Gasteiger partial charge in [-0.2, -0.15) is 0 Å². The monoisotopic (exact) mass is 254 g/mol. The number of nitroso groups, excluding NO2 is 1. The number of hydrogen-bond donors (Lipinski definition) is 0. The van der Waals surface area contributed by atoms with Crippen LogP contribution in [0.3, 0.4) is 0 Å². The van der Waals surface area contributed by atoms with E-state index in [0.29, 0.717) is 11.8 Å². The fourth-order valence-corrected chi connectivity index (χ4v) is 5.75. The maximum Gasteiger partial charge on any atom is 0.0520 e. The summed E-state index contributed by atoms with van der Waals surface area (Å²) in [4.78, 5) is 21.7. The molecule has 0 heterocycles. The van der Waals surface area contributed by atoms with E-state index < -0.39 is 10.7 Å². The Labute approximate surface area is 105 Å². The molecule has 0 radical (unpaired) electrons. The molecule has 4 aliphatic carbocycles. The summed E-state index contributed by atoms with van der Waals surface area (Å²) in [5.74, 6) is 1.21. The molecule has 0 unspecified atom stereocenters. The highest BCUT2D eigenvalue weighted by Gasteiger charge is 2.58. The molecule has 0 aromatic rings. The smallest absolute Gasteiger partial charge is 0.0520 e. The second-order valence-corrected chi connectivity index (χ2v) is 7.07. The van der Waals surface area contributed by atoms with E-state index in [1.54, 1.807) is 0 Å². The molecule has 0 amide bonds. The van der Waals surface area contributed by atoms with Crippen LogP contribution in [0.1, 0.15) is 38.5 Å². The third kappa shape index (κ3) is 1.70. The van der Waals surface area contributed by atoms with E-state index in [2.05, 4.69) is 4.58 Å². The normalized spacial score (nSPS) is 47.1. The minimum atomic E-state index is -1.03. The van der Waals surface area contributed by atoms with Gasteiger partial charge in [-0.3, -0.25) is 0 Å². The second-order valence-electron chi connectivity index (χ2n) is 5.97. The summed E-state index contributed by atoms with van der Waals surface area (Å²) in [7, 11) is 0. The summed E-state index contributed by atoms with van der Waals surface area (Å²) in [6.45, 7) is 0. The first kappa shape index (κ1) is 11.5. The highest BCUT2D eigenvalue weighted by molar-refractivity contribution is 7.99. The van der Waals surface area contributed by atoms with Gasteiger partial charge in [-0.25, -0.2) is 0 Å². The summed E-state index contributed by atoms with van der Waals surface area (Å²) in [6, 6.07) is 0. The SMILES string of the molecule is O=NSC1(CC(=O)[O-])C2CC3CC(C2)CC1C3. The van der Waals surface area contributed by atoms with E-state index in [4.69, 9.17) is 0 Å². The average molecular weight is 254 g/mol. The molecule has 0 aliphatic heterocycles. The number of hydrogen-bond acceptors (Lipinski definition) is 5. The third-order valence-corrected chi connectivity index (χ3v) is 6.37.